The van der Waals surface area contributed by atoms with Gasteiger partial charge in [0, 0.05) is 12.8 Å². The number of carboxylic acids is 1. The highest BCUT2D eigenvalue weighted by atomic mass is 16.6. The second-order valence-corrected chi connectivity index (χ2v) is 4.75. The lowest BCUT2D eigenvalue weighted by Gasteiger charge is -2.34. The van der Waals surface area contributed by atoms with Crippen LogP contribution in [0.5, 0.6) is 0 Å². The quantitative estimate of drug-likeness (QED) is 0.450. The molecule has 0 aromatic rings. The summed E-state index contributed by atoms with van der Waals surface area (Å²) in [5.74, 6) is -2.55. The van der Waals surface area contributed by atoms with Crippen LogP contribution in [0.4, 0.5) is 0 Å². The van der Waals surface area contributed by atoms with Crippen LogP contribution in [0, 0.1) is 0 Å². The summed E-state index contributed by atoms with van der Waals surface area (Å²) in [6.45, 7) is 3.13. The minimum atomic E-state index is -2.24. The Balaban J connectivity index is 2.59. The fourth-order valence-electron chi connectivity index (χ4n) is 2.59. The highest BCUT2D eigenvalue weighted by Crippen LogP contribution is 2.57. The van der Waals surface area contributed by atoms with E-state index in [4.69, 9.17) is 15.6 Å². The van der Waals surface area contributed by atoms with E-state index in [9.17, 15) is 14.4 Å². The molecule has 1 spiro atoms. The largest absolute Gasteiger partial charge is 0.479 e. The maximum atomic E-state index is 11.8. The lowest BCUT2D eigenvalue weighted by atomic mass is 9.66. The molecule has 0 amide bonds. The van der Waals surface area contributed by atoms with Gasteiger partial charge in [0.05, 0.1) is 0 Å². The highest BCUT2D eigenvalue weighted by molar-refractivity contribution is 6.19. The van der Waals surface area contributed by atoms with Crippen molar-refractivity contribution >= 4 is 17.5 Å². The molecule has 16 heavy (non-hydrogen) atoms. The molecule has 1 aliphatic heterocycles. The van der Waals surface area contributed by atoms with Crippen LogP contribution in [0.3, 0.4) is 0 Å². The van der Waals surface area contributed by atoms with Gasteiger partial charge in [-0.15, -0.1) is 0 Å². The molecular weight excluding hydrogens is 214 g/mol. The van der Waals surface area contributed by atoms with Crippen LogP contribution in [0.25, 0.3) is 0 Å². The first kappa shape index (κ1) is 11.2. The van der Waals surface area contributed by atoms with E-state index in [1.807, 2.05) is 0 Å². The molecule has 0 aromatic carbocycles. The van der Waals surface area contributed by atoms with Gasteiger partial charge in [0.15, 0.2) is 17.2 Å². The van der Waals surface area contributed by atoms with Gasteiger partial charge in [-0.05, 0) is 13.8 Å². The number of rotatable bonds is 1. The minimum absolute atomic E-state index is 0.00546. The molecular formula is C10H13NO5. The van der Waals surface area contributed by atoms with Crippen LogP contribution >= 0.6 is 0 Å². The lowest BCUT2D eigenvalue weighted by Crippen LogP contribution is -2.71. The van der Waals surface area contributed by atoms with Gasteiger partial charge in [-0.25, -0.2) is 4.79 Å². The van der Waals surface area contributed by atoms with E-state index in [1.54, 1.807) is 13.8 Å². The summed E-state index contributed by atoms with van der Waals surface area (Å²) in [6, 6.07) is 0. The van der Waals surface area contributed by atoms with Crippen LogP contribution in [0.2, 0.25) is 0 Å². The topological polar surface area (TPSA) is 110 Å². The molecule has 2 fully saturated rings. The Kier molecular flexibility index (Phi) is 1.89. The van der Waals surface area contributed by atoms with Gasteiger partial charge < -0.3 is 15.6 Å². The van der Waals surface area contributed by atoms with Crippen molar-refractivity contribution in [1.29, 1.82) is 0 Å². The number of Topliss-reactive ketones (excluding diaryl/α,β-unsaturated/α-hetero) is 2. The average Bonchev–Trinajstić information content (AvgIpc) is 2.75. The molecule has 1 saturated heterocycles. The molecule has 1 saturated carbocycles. The molecule has 0 bridgehead atoms. The zero-order chi connectivity index (χ0) is 12.4. The summed E-state index contributed by atoms with van der Waals surface area (Å²) < 4.78 is 5.22. The van der Waals surface area contributed by atoms with Crippen molar-refractivity contribution in [1.82, 2.24) is 0 Å². The van der Waals surface area contributed by atoms with E-state index in [1.165, 1.54) is 0 Å². The Labute approximate surface area is 91.7 Å². The Morgan fingerprint density at radius 2 is 1.75 bits per heavy atom. The molecule has 2 rings (SSSR count). The molecule has 3 N–H and O–H groups in total. The van der Waals surface area contributed by atoms with Gasteiger partial charge in [0.2, 0.25) is 5.54 Å². The molecule has 1 aliphatic carbocycles. The van der Waals surface area contributed by atoms with Gasteiger partial charge in [0.25, 0.3) is 0 Å². The third-order valence-corrected chi connectivity index (χ3v) is 3.52. The monoisotopic (exact) mass is 227 g/mol. The van der Waals surface area contributed by atoms with E-state index in [-0.39, 0.29) is 12.8 Å². The van der Waals surface area contributed by atoms with Crippen molar-refractivity contribution < 1.29 is 24.2 Å². The SMILES string of the molecule is CC1(C)OC12C(=O)CCC(=O)C2(N)C(=O)O. The van der Waals surface area contributed by atoms with Gasteiger partial charge in [-0.3, -0.25) is 9.59 Å². The summed E-state index contributed by atoms with van der Waals surface area (Å²) >= 11 is 0. The van der Waals surface area contributed by atoms with Gasteiger partial charge in [0.1, 0.15) is 5.60 Å². The van der Waals surface area contributed by atoms with Crippen LogP contribution < -0.4 is 5.73 Å². The van der Waals surface area contributed by atoms with Crippen molar-refractivity contribution in [3.63, 3.8) is 0 Å². The van der Waals surface area contributed by atoms with E-state index in [0.29, 0.717) is 0 Å². The molecule has 1 heterocycles. The van der Waals surface area contributed by atoms with Crippen molar-refractivity contribution in [3.05, 3.63) is 0 Å². The van der Waals surface area contributed by atoms with E-state index < -0.39 is 34.3 Å². The summed E-state index contributed by atoms with van der Waals surface area (Å²) in [4.78, 5) is 34.7. The van der Waals surface area contributed by atoms with E-state index >= 15 is 0 Å². The Morgan fingerprint density at radius 1 is 1.31 bits per heavy atom. The summed E-state index contributed by atoms with van der Waals surface area (Å²) in [6.07, 6.45) is -0.142. The van der Waals surface area contributed by atoms with Crippen molar-refractivity contribution in [2.75, 3.05) is 0 Å². The Morgan fingerprint density at radius 3 is 2.06 bits per heavy atom. The van der Waals surface area contributed by atoms with Crippen LogP contribution in [-0.2, 0) is 19.1 Å². The van der Waals surface area contributed by atoms with Gasteiger partial charge in [-0.1, -0.05) is 0 Å². The number of carbonyl (C=O) groups is 3. The molecule has 2 aliphatic rings. The van der Waals surface area contributed by atoms with Crippen LogP contribution in [0.1, 0.15) is 26.7 Å². The normalized spacial score (nSPS) is 41.2. The third-order valence-electron chi connectivity index (χ3n) is 3.52. The van der Waals surface area contributed by atoms with Gasteiger partial charge >= 0.3 is 5.97 Å². The standard InChI is InChI=1S/C10H13NO5/c1-8(2)10(16-8)6(13)4-3-5(12)9(10,11)7(14)15/h3-4,11H2,1-2H3,(H,14,15). The number of aliphatic carboxylic acids is 1. The Hall–Kier alpha value is -1.27. The zero-order valence-electron chi connectivity index (χ0n) is 9.07. The van der Waals surface area contributed by atoms with Crippen LogP contribution in [-0.4, -0.2) is 39.4 Å². The first-order valence-corrected chi connectivity index (χ1v) is 4.99. The number of nitrogens with two attached hydrogens (primary N) is 1. The fourth-order valence-corrected chi connectivity index (χ4v) is 2.59. The first-order chi connectivity index (χ1) is 7.20. The van der Waals surface area contributed by atoms with Crippen molar-refractivity contribution in [2.45, 2.75) is 43.4 Å². The average molecular weight is 227 g/mol. The molecule has 88 valence electrons. The zero-order valence-corrected chi connectivity index (χ0v) is 9.07. The van der Waals surface area contributed by atoms with Crippen molar-refractivity contribution in [3.8, 4) is 0 Å². The number of carboxylic acid groups (broad SMARTS) is 1. The fraction of sp³-hybridized carbons (Fsp3) is 0.700. The third kappa shape index (κ3) is 0.916. The minimum Gasteiger partial charge on any atom is -0.479 e. The molecule has 6 nitrogen and oxygen atoms in total. The summed E-state index contributed by atoms with van der Waals surface area (Å²) in [5, 5.41) is 9.12. The number of ketones is 2. The second-order valence-electron chi connectivity index (χ2n) is 4.75. The van der Waals surface area contributed by atoms with Crippen molar-refractivity contribution in [2.24, 2.45) is 5.73 Å². The molecule has 2 atom stereocenters. The first-order valence-electron chi connectivity index (χ1n) is 4.99. The summed E-state index contributed by atoms with van der Waals surface area (Å²) in [5.41, 5.74) is 0.740. The molecule has 0 aromatic heterocycles. The predicted octanol–water partition coefficient (Wildman–Crippen LogP) is -0.752. The number of hydrogen-bond donors (Lipinski definition) is 2. The van der Waals surface area contributed by atoms with E-state index in [2.05, 4.69) is 0 Å². The number of hydrogen-bond acceptors (Lipinski definition) is 5. The predicted molar refractivity (Wildman–Crippen MR) is 51.7 cm³/mol. The maximum Gasteiger partial charge on any atom is 0.335 e. The Bertz CT molecular complexity index is 415. The summed E-state index contributed by atoms with van der Waals surface area (Å²) in [7, 11) is 0. The number of ether oxygens (including phenoxy) is 1. The molecule has 0 radical (unpaired) electrons. The second kappa shape index (κ2) is 2.70. The van der Waals surface area contributed by atoms with Gasteiger partial charge in [-0.2, -0.15) is 0 Å². The number of carbonyl (C=O) groups excluding carboxylic acids is 2. The smallest absolute Gasteiger partial charge is 0.335 e. The molecule has 2 unspecified atom stereocenters. The number of epoxide rings is 1. The van der Waals surface area contributed by atoms with Crippen LogP contribution in [0.15, 0.2) is 0 Å². The molecule has 6 heteroatoms. The van der Waals surface area contributed by atoms with E-state index in [0.717, 1.165) is 0 Å². The highest BCUT2D eigenvalue weighted by Gasteiger charge is 2.83. The maximum absolute atomic E-state index is 11.8. The lowest BCUT2D eigenvalue weighted by molar-refractivity contribution is -0.158.